The van der Waals surface area contributed by atoms with Crippen molar-refractivity contribution < 1.29 is 28.8 Å². The number of rotatable bonds is 14. The lowest BCUT2D eigenvalue weighted by Gasteiger charge is -2.30. The molecule has 9 heteroatoms. The third-order valence-electron chi connectivity index (χ3n) is 6.82. The monoisotopic (exact) mass is 622 g/mol. The van der Waals surface area contributed by atoms with Gasteiger partial charge in [-0.1, -0.05) is 46.3 Å². The number of ether oxygens (including phenoxy) is 4. The minimum Gasteiger partial charge on any atom is -0.494 e. The van der Waals surface area contributed by atoms with Gasteiger partial charge in [0.2, 0.25) is 5.90 Å². The number of aliphatic hydroxyl groups is 1. The number of nitrogens with one attached hydrogen (secondary N) is 1. The van der Waals surface area contributed by atoms with Gasteiger partial charge in [0.1, 0.15) is 5.75 Å². The molecule has 3 aromatic carbocycles. The summed E-state index contributed by atoms with van der Waals surface area (Å²) in [6.07, 6.45) is 2.42. The normalized spacial score (nSPS) is 17.8. The molecule has 2 N–H and O–H groups in total. The molecule has 0 bridgehead atoms. The van der Waals surface area contributed by atoms with Crippen molar-refractivity contribution in [3.8, 4) is 17.2 Å². The van der Waals surface area contributed by atoms with E-state index < -0.39 is 11.6 Å². The van der Waals surface area contributed by atoms with Gasteiger partial charge in [-0.05, 0) is 54.4 Å². The molecule has 3 aromatic rings. The SMILES string of the molecule is C=CC[C@@]1(C(=O)NCCc2ccc(OC)c(OC)c2)N=C(c2ccc(OCCCO)cc2)O[C@@H]1c1ccccc1Br. The van der Waals surface area contributed by atoms with Gasteiger partial charge in [0.05, 0.1) is 20.8 Å². The van der Waals surface area contributed by atoms with Crippen LogP contribution in [0.15, 0.2) is 88.9 Å². The van der Waals surface area contributed by atoms with Crippen LogP contribution in [0.25, 0.3) is 0 Å². The van der Waals surface area contributed by atoms with Crippen LogP contribution in [0.2, 0.25) is 0 Å². The highest BCUT2D eigenvalue weighted by Gasteiger charge is 2.52. The number of amides is 1. The minimum absolute atomic E-state index is 0.0703. The van der Waals surface area contributed by atoms with Gasteiger partial charge in [-0.15, -0.1) is 6.58 Å². The predicted octanol–water partition coefficient (Wildman–Crippen LogP) is 5.42. The highest BCUT2D eigenvalue weighted by Crippen LogP contribution is 2.44. The zero-order chi connectivity index (χ0) is 29.2. The van der Waals surface area contributed by atoms with E-state index in [0.717, 1.165) is 21.2 Å². The van der Waals surface area contributed by atoms with E-state index in [1.807, 2.05) is 66.7 Å². The molecule has 0 saturated carbocycles. The molecule has 4 rings (SSSR count). The van der Waals surface area contributed by atoms with E-state index in [2.05, 4.69) is 27.8 Å². The van der Waals surface area contributed by atoms with Crippen LogP contribution < -0.4 is 19.5 Å². The second kappa shape index (κ2) is 14.2. The summed E-state index contributed by atoms with van der Waals surface area (Å²) in [4.78, 5) is 18.9. The molecular weight excluding hydrogens is 588 g/mol. The molecular formula is C32H35BrN2O6. The molecule has 0 aromatic heterocycles. The zero-order valence-corrected chi connectivity index (χ0v) is 24.9. The quantitative estimate of drug-likeness (QED) is 0.184. The Kier molecular flexibility index (Phi) is 10.4. The van der Waals surface area contributed by atoms with Crippen LogP contribution in [0.1, 0.15) is 35.6 Å². The lowest BCUT2D eigenvalue weighted by Crippen LogP contribution is -2.48. The molecule has 41 heavy (non-hydrogen) atoms. The fraction of sp³-hybridized carbons (Fsp3) is 0.312. The van der Waals surface area contributed by atoms with Crippen molar-refractivity contribution in [2.24, 2.45) is 4.99 Å². The Morgan fingerprint density at radius 3 is 2.56 bits per heavy atom. The average Bonchev–Trinajstić information content (AvgIpc) is 3.38. The van der Waals surface area contributed by atoms with Crippen LogP contribution in [-0.4, -0.2) is 56.4 Å². The third-order valence-corrected chi connectivity index (χ3v) is 7.54. The molecule has 1 amide bonds. The average molecular weight is 624 g/mol. The van der Waals surface area contributed by atoms with Gasteiger partial charge < -0.3 is 29.4 Å². The second-order valence-corrected chi connectivity index (χ2v) is 10.4. The summed E-state index contributed by atoms with van der Waals surface area (Å²) >= 11 is 3.64. The summed E-state index contributed by atoms with van der Waals surface area (Å²) in [7, 11) is 3.19. The largest absolute Gasteiger partial charge is 0.494 e. The first-order valence-corrected chi connectivity index (χ1v) is 14.2. The molecule has 0 aliphatic carbocycles. The number of carbonyl (C=O) groups is 1. The van der Waals surface area contributed by atoms with Gasteiger partial charge >= 0.3 is 0 Å². The summed E-state index contributed by atoms with van der Waals surface area (Å²) < 4.78 is 23.7. The number of nitrogens with zero attached hydrogens (tertiary/aromatic N) is 1. The summed E-state index contributed by atoms with van der Waals surface area (Å²) in [5.74, 6) is 2.07. The van der Waals surface area contributed by atoms with Crippen molar-refractivity contribution in [3.63, 3.8) is 0 Å². The third kappa shape index (κ3) is 6.92. The number of halogens is 1. The van der Waals surface area contributed by atoms with E-state index in [1.165, 1.54) is 0 Å². The summed E-state index contributed by atoms with van der Waals surface area (Å²) in [5.41, 5.74) is 1.26. The Labute approximate surface area is 249 Å². The van der Waals surface area contributed by atoms with Crippen LogP contribution in [0, 0.1) is 0 Å². The number of carbonyl (C=O) groups excluding carboxylic acids is 1. The molecule has 1 aliphatic heterocycles. The van der Waals surface area contributed by atoms with Crippen molar-refractivity contribution in [3.05, 3.63) is 101 Å². The number of aliphatic imine (C=N–C) groups is 1. The van der Waals surface area contributed by atoms with E-state index >= 15 is 0 Å². The molecule has 2 atom stereocenters. The highest BCUT2D eigenvalue weighted by molar-refractivity contribution is 9.10. The molecule has 0 spiro atoms. The molecule has 0 radical (unpaired) electrons. The molecule has 0 unspecified atom stereocenters. The Morgan fingerprint density at radius 2 is 1.88 bits per heavy atom. The Hall–Kier alpha value is -3.82. The first-order valence-electron chi connectivity index (χ1n) is 13.4. The van der Waals surface area contributed by atoms with Crippen LogP contribution in [0.5, 0.6) is 17.2 Å². The van der Waals surface area contributed by atoms with E-state index in [-0.39, 0.29) is 18.9 Å². The first kappa shape index (κ1) is 30.1. The van der Waals surface area contributed by atoms with Gasteiger partial charge in [0, 0.05) is 41.6 Å². The van der Waals surface area contributed by atoms with Gasteiger partial charge in [-0.3, -0.25) is 4.79 Å². The highest BCUT2D eigenvalue weighted by atomic mass is 79.9. The smallest absolute Gasteiger partial charge is 0.252 e. The predicted molar refractivity (Wildman–Crippen MR) is 162 cm³/mol. The fourth-order valence-electron chi connectivity index (χ4n) is 4.71. The second-order valence-electron chi connectivity index (χ2n) is 9.50. The summed E-state index contributed by atoms with van der Waals surface area (Å²) in [5, 5.41) is 12.1. The van der Waals surface area contributed by atoms with Crippen molar-refractivity contribution in [2.75, 3.05) is 34.0 Å². The fourth-order valence-corrected chi connectivity index (χ4v) is 5.20. The molecule has 1 heterocycles. The van der Waals surface area contributed by atoms with Gasteiger partial charge in [-0.2, -0.15) is 0 Å². The van der Waals surface area contributed by atoms with Gasteiger partial charge in [-0.25, -0.2) is 4.99 Å². The van der Waals surface area contributed by atoms with E-state index in [9.17, 15) is 4.79 Å². The van der Waals surface area contributed by atoms with Gasteiger partial charge in [0.25, 0.3) is 5.91 Å². The zero-order valence-electron chi connectivity index (χ0n) is 23.3. The maximum atomic E-state index is 14.0. The summed E-state index contributed by atoms with van der Waals surface area (Å²) in [6, 6.07) is 20.7. The molecule has 0 fully saturated rings. The maximum Gasteiger partial charge on any atom is 0.252 e. The molecule has 1 aliphatic rings. The number of hydrogen-bond acceptors (Lipinski definition) is 7. The number of aliphatic hydroxyl groups excluding tert-OH is 1. The minimum atomic E-state index is -1.27. The number of benzene rings is 3. The van der Waals surface area contributed by atoms with Crippen LogP contribution >= 0.6 is 15.9 Å². The lowest BCUT2D eigenvalue weighted by molar-refractivity contribution is -0.128. The van der Waals surface area contributed by atoms with E-state index in [1.54, 1.807) is 20.3 Å². The first-order chi connectivity index (χ1) is 19.9. The van der Waals surface area contributed by atoms with Crippen molar-refractivity contribution in [2.45, 2.75) is 30.9 Å². The molecule has 216 valence electrons. The lowest BCUT2D eigenvalue weighted by atomic mass is 9.84. The topological polar surface area (TPSA) is 98.6 Å². The maximum absolute atomic E-state index is 14.0. The van der Waals surface area contributed by atoms with E-state index in [4.69, 9.17) is 29.0 Å². The van der Waals surface area contributed by atoms with E-state index in [0.29, 0.717) is 49.1 Å². The van der Waals surface area contributed by atoms with Gasteiger partial charge in [0.15, 0.2) is 23.1 Å². The Bertz CT molecular complexity index is 1380. The Balaban J connectivity index is 1.60. The molecule has 0 saturated heterocycles. The van der Waals surface area contributed by atoms with Crippen molar-refractivity contribution in [1.82, 2.24) is 5.32 Å². The number of hydrogen-bond donors (Lipinski definition) is 2. The van der Waals surface area contributed by atoms with Crippen LogP contribution in [0.4, 0.5) is 0 Å². The van der Waals surface area contributed by atoms with Crippen molar-refractivity contribution >= 4 is 27.7 Å². The van der Waals surface area contributed by atoms with Crippen LogP contribution in [-0.2, 0) is 16.0 Å². The Morgan fingerprint density at radius 1 is 1.12 bits per heavy atom. The van der Waals surface area contributed by atoms with Crippen molar-refractivity contribution in [1.29, 1.82) is 0 Å². The molecule has 8 nitrogen and oxygen atoms in total. The summed E-state index contributed by atoms with van der Waals surface area (Å²) in [6.45, 7) is 4.81. The standard InChI is InChI=1S/C32H35BrN2O6/c1-4-17-32(31(37)34-18-16-22-10-15-27(38-2)28(21-22)39-3)29(25-8-5-6-9-26(25)33)41-30(35-32)23-11-13-24(14-12-23)40-20-7-19-36/h4-6,8-15,21,29,36H,1,7,16-20H2,2-3H3,(H,34,37)/t29-,32-/m1/s1. The number of methoxy groups -OCH3 is 2. The van der Waals surface area contributed by atoms with Crippen LogP contribution in [0.3, 0.4) is 0 Å².